The van der Waals surface area contributed by atoms with E-state index < -0.39 is 0 Å². The zero-order chi connectivity index (χ0) is 12.1. The number of nitrogens with zero attached hydrogens (tertiary/aromatic N) is 2. The summed E-state index contributed by atoms with van der Waals surface area (Å²) in [6.45, 7) is 2.40. The molecule has 84 valence electrons. The normalized spacial score (nSPS) is 11.6. The van der Waals surface area contributed by atoms with Crippen LogP contribution in [-0.2, 0) is 0 Å². The Hall–Kier alpha value is -1.53. The molecule has 0 aliphatic rings. The van der Waals surface area contributed by atoms with Gasteiger partial charge in [0.15, 0.2) is 6.29 Å². The van der Waals surface area contributed by atoms with Crippen LogP contribution >= 0.6 is 11.6 Å². The summed E-state index contributed by atoms with van der Waals surface area (Å²) in [6, 6.07) is 7.24. The van der Waals surface area contributed by atoms with Crippen LogP contribution in [0.25, 0.3) is 0 Å². The Morgan fingerprint density at radius 3 is 2.88 bits per heavy atom. The second-order valence-corrected chi connectivity index (χ2v) is 4.17. The molecule has 0 radical (unpaired) electrons. The van der Waals surface area contributed by atoms with Gasteiger partial charge in [0, 0.05) is 29.9 Å². The summed E-state index contributed by atoms with van der Waals surface area (Å²) in [4.78, 5) is 12.7. The van der Waals surface area contributed by atoms with Gasteiger partial charge in [-0.2, -0.15) is 5.26 Å². The van der Waals surface area contributed by atoms with Gasteiger partial charge in [0.25, 0.3) is 0 Å². The molecule has 1 unspecified atom stereocenters. The molecule has 0 aliphatic heterocycles. The number of hydrogen-bond donors (Lipinski definition) is 0. The van der Waals surface area contributed by atoms with Crippen molar-refractivity contribution in [3.05, 3.63) is 28.8 Å². The SMILES string of the molecule is CC(C#N)CN(C)c1cc(Cl)ccc1C=O. The van der Waals surface area contributed by atoms with Crippen molar-refractivity contribution in [1.29, 1.82) is 5.26 Å². The second kappa shape index (κ2) is 5.53. The molecular weight excluding hydrogens is 224 g/mol. The maximum Gasteiger partial charge on any atom is 0.152 e. The molecule has 0 aliphatic carbocycles. The van der Waals surface area contributed by atoms with Gasteiger partial charge in [-0.15, -0.1) is 0 Å². The number of rotatable bonds is 4. The number of nitriles is 1. The van der Waals surface area contributed by atoms with Crippen molar-refractivity contribution >= 4 is 23.6 Å². The van der Waals surface area contributed by atoms with Gasteiger partial charge >= 0.3 is 0 Å². The number of hydrogen-bond acceptors (Lipinski definition) is 3. The summed E-state index contributed by atoms with van der Waals surface area (Å²) in [5, 5.41) is 9.32. The van der Waals surface area contributed by atoms with Crippen LogP contribution in [0.1, 0.15) is 17.3 Å². The number of aldehydes is 1. The van der Waals surface area contributed by atoms with E-state index in [4.69, 9.17) is 16.9 Å². The van der Waals surface area contributed by atoms with Crippen molar-refractivity contribution in [1.82, 2.24) is 0 Å². The van der Waals surface area contributed by atoms with E-state index in [1.807, 2.05) is 18.9 Å². The molecule has 1 aromatic carbocycles. The first kappa shape index (κ1) is 12.5. The Morgan fingerprint density at radius 1 is 1.62 bits per heavy atom. The lowest BCUT2D eigenvalue weighted by Crippen LogP contribution is -2.24. The van der Waals surface area contributed by atoms with E-state index >= 15 is 0 Å². The van der Waals surface area contributed by atoms with Crippen LogP contribution in [-0.4, -0.2) is 19.9 Å². The van der Waals surface area contributed by atoms with Crippen LogP contribution in [0, 0.1) is 17.2 Å². The van der Waals surface area contributed by atoms with Gasteiger partial charge in [0.1, 0.15) is 0 Å². The molecule has 0 saturated carbocycles. The first-order chi connectivity index (χ1) is 7.58. The Balaban J connectivity index is 2.98. The third kappa shape index (κ3) is 2.98. The first-order valence-electron chi connectivity index (χ1n) is 4.94. The quantitative estimate of drug-likeness (QED) is 0.755. The van der Waals surface area contributed by atoms with Crippen LogP contribution < -0.4 is 4.90 Å². The van der Waals surface area contributed by atoms with Crippen LogP contribution in [0.2, 0.25) is 5.02 Å². The molecular formula is C12H13ClN2O. The lowest BCUT2D eigenvalue weighted by molar-refractivity contribution is 0.112. The highest BCUT2D eigenvalue weighted by Gasteiger charge is 2.10. The first-order valence-corrected chi connectivity index (χ1v) is 5.31. The van der Waals surface area contributed by atoms with Gasteiger partial charge in [-0.3, -0.25) is 4.79 Å². The highest BCUT2D eigenvalue weighted by Crippen LogP contribution is 2.23. The zero-order valence-electron chi connectivity index (χ0n) is 9.27. The van der Waals surface area contributed by atoms with Crippen LogP contribution in [0.3, 0.4) is 0 Å². The summed E-state index contributed by atoms with van der Waals surface area (Å²) in [5.74, 6) is -0.0940. The minimum atomic E-state index is -0.0940. The van der Waals surface area contributed by atoms with Crippen molar-refractivity contribution in [2.45, 2.75) is 6.92 Å². The second-order valence-electron chi connectivity index (χ2n) is 3.73. The van der Waals surface area contributed by atoms with E-state index in [1.165, 1.54) is 0 Å². The molecule has 3 nitrogen and oxygen atoms in total. The molecule has 16 heavy (non-hydrogen) atoms. The van der Waals surface area contributed by atoms with Gasteiger partial charge in [0.05, 0.1) is 12.0 Å². The Morgan fingerprint density at radius 2 is 2.31 bits per heavy atom. The fraction of sp³-hybridized carbons (Fsp3) is 0.333. The zero-order valence-corrected chi connectivity index (χ0v) is 10.0. The van der Waals surface area contributed by atoms with E-state index in [1.54, 1.807) is 18.2 Å². The molecule has 0 saturated heterocycles. The number of halogens is 1. The molecule has 0 heterocycles. The van der Waals surface area contributed by atoms with Crippen LogP contribution in [0.15, 0.2) is 18.2 Å². The average Bonchev–Trinajstić information content (AvgIpc) is 2.28. The Bertz CT molecular complexity index is 426. The molecule has 1 rings (SSSR count). The smallest absolute Gasteiger partial charge is 0.152 e. The fourth-order valence-corrected chi connectivity index (χ4v) is 1.66. The number of carbonyl (C=O) groups is 1. The van der Waals surface area contributed by atoms with Gasteiger partial charge in [0.2, 0.25) is 0 Å². The number of carbonyl (C=O) groups excluding carboxylic acids is 1. The third-order valence-corrected chi connectivity index (χ3v) is 2.53. The summed E-state index contributed by atoms with van der Waals surface area (Å²) in [5.41, 5.74) is 1.33. The maximum atomic E-state index is 10.9. The average molecular weight is 237 g/mol. The van der Waals surface area contributed by atoms with Crippen molar-refractivity contribution in [2.75, 3.05) is 18.5 Å². The van der Waals surface area contributed by atoms with Crippen molar-refractivity contribution in [3.8, 4) is 6.07 Å². The molecule has 0 N–H and O–H groups in total. The van der Waals surface area contributed by atoms with Gasteiger partial charge < -0.3 is 4.90 Å². The van der Waals surface area contributed by atoms with E-state index in [2.05, 4.69) is 6.07 Å². The topological polar surface area (TPSA) is 44.1 Å². The molecule has 0 aromatic heterocycles. The highest BCUT2D eigenvalue weighted by molar-refractivity contribution is 6.31. The molecule has 1 atom stereocenters. The summed E-state index contributed by atoms with van der Waals surface area (Å²) in [7, 11) is 1.84. The van der Waals surface area contributed by atoms with Gasteiger partial charge in [-0.25, -0.2) is 0 Å². The van der Waals surface area contributed by atoms with E-state index in [0.717, 1.165) is 12.0 Å². The Kier molecular flexibility index (Phi) is 4.33. The van der Waals surface area contributed by atoms with Gasteiger partial charge in [-0.05, 0) is 25.1 Å². The molecule has 4 heteroatoms. The van der Waals surface area contributed by atoms with E-state index in [0.29, 0.717) is 17.1 Å². The third-order valence-electron chi connectivity index (χ3n) is 2.30. The summed E-state index contributed by atoms with van der Waals surface area (Å²) < 4.78 is 0. The van der Waals surface area contributed by atoms with E-state index in [9.17, 15) is 4.79 Å². The monoisotopic (exact) mass is 236 g/mol. The predicted octanol–water partition coefficient (Wildman–Crippen LogP) is 2.75. The van der Waals surface area contributed by atoms with Crippen LogP contribution in [0.5, 0.6) is 0 Å². The number of benzene rings is 1. The molecule has 1 aromatic rings. The molecule has 0 fully saturated rings. The molecule has 0 spiro atoms. The highest BCUT2D eigenvalue weighted by atomic mass is 35.5. The standard InChI is InChI=1S/C12H13ClN2O/c1-9(6-14)7-15(2)12-5-11(13)4-3-10(12)8-16/h3-5,8-9H,7H2,1-2H3. The minimum Gasteiger partial charge on any atom is -0.373 e. The van der Waals surface area contributed by atoms with E-state index in [-0.39, 0.29) is 5.92 Å². The van der Waals surface area contributed by atoms with Crippen molar-refractivity contribution in [3.63, 3.8) is 0 Å². The lowest BCUT2D eigenvalue weighted by atomic mass is 10.1. The fourth-order valence-electron chi connectivity index (χ4n) is 1.50. The summed E-state index contributed by atoms with van der Waals surface area (Å²) >= 11 is 5.88. The van der Waals surface area contributed by atoms with Crippen molar-refractivity contribution in [2.24, 2.45) is 5.92 Å². The largest absolute Gasteiger partial charge is 0.373 e. The van der Waals surface area contributed by atoms with Crippen LogP contribution in [0.4, 0.5) is 5.69 Å². The summed E-state index contributed by atoms with van der Waals surface area (Å²) in [6.07, 6.45) is 0.791. The minimum absolute atomic E-state index is 0.0940. The molecule has 0 bridgehead atoms. The Labute approximate surface area is 100 Å². The predicted molar refractivity (Wildman–Crippen MR) is 64.9 cm³/mol. The number of anilines is 1. The van der Waals surface area contributed by atoms with Crippen molar-refractivity contribution < 1.29 is 4.79 Å². The van der Waals surface area contributed by atoms with Gasteiger partial charge in [-0.1, -0.05) is 11.6 Å². The molecule has 0 amide bonds. The lowest BCUT2D eigenvalue weighted by Gasteiger charge is -2.22. The maximum absolute atomic E-state index is 10.9.